The maximum absolute atomic E-state index is 13.6. The van der Waals surface area contributed by atoms with Crippen LogP contribution in [-0.4, -0.2) is 48.3 Å². The maximum atomic E-state index is 13.6. The quantitative estimate of drug-likeness (QED) is 0.332. The second-order valence-corrected chi connectivity index (χ2v) is 9.26. The Kier molecular flexibility index (Phi) is 7.47. The second kappa shape index (κ2) is 11.3. The Labute approximate surface area is 208 Å². The van der Waals surface area contributed by atoms with Crippen LogP contribution in [0.15, 0.2) is 121 Å². The molecule has 4 aromatic carbocycles. The molecule has 0 spiro atoms. The van der Waals surface area contributed by atoms with Crippen LogP contribution < -0.4 is 0 Å². The van der Waals surface area contributed by atoms with Gasteiger partial charge in [0.05, 0.1) is 18.5 Å². The largest absolute Gasteiger partial charge is 0.297 e. The Balaban J connectivity index is 1.29. The van der Waals surface area contributed by atoms with Crippen LogP contribution in [0.5, 0.6) is 0 Å². The minimum absolute atomic E-state index is 0.225. The van der Waals surface area contributed by atoms with E-state index in [0.717, 1.165) is 37.3 Å². The molecule has 3 nitrogen and oxygen atoms in total. The van der Waals surface area contributed by atoms with Crippen LogP contribution in [0.25, 0.3) is 0 Å². The van der Waals surface area contributed by atoms with Gasteiger partial charge in [0.2, 0.25) is 0 Å². The molecule has 3 heteroatoms. The van der Waals surface area contributed by atoms with Crippen molar-refractivity contribution in [1.29, 1.82) is 0 Å². The van der Waals surface area contributed by atoms with Crippen LogP contribution >= 0.6 is 0 Å². The Hall–Kier alpha value is -3.53. The van der Waals surface area contributed by atoms with Crippen LogP contribution in [0.1, 0.15) is 34.2 Å². The number of carbonyl (C=O) groups is 1. The van der Waals surface area contributed by atoms with Gasteiger partial charge in [0.1, 0.15) is 0 Å². The average Bonchev–Trinajstić information content (AvgIpc) is 2.92. The zero-order valence-corrected chi connectivity index (χ0v) is 20.0. The first-order chi connectivity index (χ1) is 17.3. The van der Waals surface area contributed by atoms with Crippen molar-refractivity contribution in [2.45, 2.75) is 12.0 Å². The first-order valence-corrected chi connectivity index (χ1v) is 12.5. The molecule has 1 aliphatic heterocycles. The molecule has 0 bridgehead atoms. The highest BCUT2D eigenvalue weighted by Gasteiger charge is 2.29. The van der Waals surface area contributed by atoms with E-state index in [1.807, 2.05) is 36.4 Å². The third kappa shape index (κ3) is 5.59. The zero-order chi connectivity index (χ0) is 23.9. The van der Waals surface area contributed by atoms with E-state index in [9.17, 15) is 4.79 Å². The molecule has 0 amide bonds. The molecule has 0 radical (unpaired) electrons. The molecule has 0 saturated carbocycles. The number of nitrogens with zero attached hydrogens (tertiary/aromatic N) is 2. The molecule has 1 aliphatic rings. The minimum Gasteiger partial charge on any atom is -0.297 e. The van der Waals surface area contributed by atoms with Crippen LogP contribution in [-0.2, 0) is 4.79 Å². The van der Waals surface area contributed by atoms with Gasteiger partial charge < -0.3 is 0 Å². The Morgan fingerprint density at radius 3 is 1.31 bits per heavy atom. The average molecular weight is 461 g/mol. The van der Waals surface area contributed by atoms with Gasteiger partial charge in [-0.3, -0.25) is 14.6 Å². The zero-order valence-electron chi connectivity index (χ0n) is 20.0. The van der Waals surface area contributed by atoms with E-state index in [1.165, 1.54) is 11.1 Å². The number of piperazine rings is 1. The van der Waals surface area contributed by atoms with Gasteiger partial charge in [-0.25, -0.2) is 0 Å². The topological polar surface area (TPSA) is 23.6 Å². The summed E-state index contributed by atoms with van der Waals surface area (Å²) in [6.07, 6.45) is 0. The number of Topliss-reactive ketones (excluding diaryl/α,β-unsaturated/α-hetero) is 1. The Morgan fingerprint density at radius 2 is 0.914 bits per heavy atom. The van der Waals surface area contributed by atoms with E-state index in [4.69, 9.17) is 0 Å². The molecule has 176 valence electrons. The standard InChI is InChI=1S/C32H32N2O/c35-30(31(26-13-5-1-6-14-26)27-15-7-2-8-16-27)25-33-21-23-34(24-22-33)32(28-17-9-3-10-18-28)29-19-11-4-12-20-29/h1-20,31-32H,21-25H2. The van der Waals surface area contributed by atoms with Crippen molar-refractivity contribution in [1.82, 2.24) is 9.80 Å². The number of carbonyl (C=O) groups excluding carboxylic acids is 1. The van der Waals surface area contributed by atoms with Gasteiger partial charge in [-0.1, -0.05) is 121 Å². The molecule has 5 rings (SSSR count). The van der Waals surface area contributed by atoms with Crippen LogP contribution in [0.4, 0.5) is 0 Å². The highest BCUT2D eigenvalue weighted by Crippen LogP contribution is 2.30. The summed E-state index contributed by atoms with van der Waals surface area (Å²) in [5.41, 5.74) is 4.76. The van der Waals surface area contributed by atoms with E-state index in [0.29, 0.717) is 6.54 Å². The van der Waals surface area contributed by atoms with E-state index in [1.54, 1.807) is 0 Å². The summed E-state index contributed by atoms with van der Waals surface area (Å²) in [7, 11) is 0. The summed E-state index contributed by atoms with van der Waals surface area (Å²) < 4.78 is 0. The van der Waals surface area contributed by atoms with Gasteiger partial charge in [0.25, 0.3) is 0 Å². The lowest BCUT2D eigenvalue weighted by molar-refractivity contribution is -0.121. The van der Waals surface area contributed by atoms with Gasteiger partial charge >= 0.3 is 0 Å². The third-order valence-corrected chi connectivity index (χ3v) is 6.97. The monoisotopic (exact) mass is 460 g/mol. The molecular formula is C32H32N2O. The molecule has 0 N–H and O–H groups in total. The Morgan fingerprint density at radius 1 is 0.543 bits per heavy atom. The van der Waals surface area contributed by atoms with Crippen LogP contribution in [0, 0.1) is 0 Å². The van der Waals surface area contributed by atoms with E-state index < -0.39 is 0 Å². The molecule has 0 atom stereocenters. The molecule has 0 aliphatic carbocycles. The van der Waals surface area contributed by atoms with E-state index in [-0.39, 0.29) is 17.7 Å². The smallest absolute Gasteiger partial charge is 0.158 e. The van der Waals surface area contributed by atoms with Crippen LogP contribution in [0.3, 0.4) is 0 Å². The van der Waals surface area contributed by atoms with Crippen molar-refractivity contribution in [3.8, 4) is 0 Å². The van der Waals surface area contributed by atoms with Gasteiger partial charge in [0.15, 0.2) is 5.78 Å². The normalized spacial score (nSPS) is 14.9. The fraction of sp³-hybridized carbons (Fsp3) is 0.219. The van der Waals surface area contributed by atoms with Crippen LogP contribution in [0.2, 0.25) is 0 Å². The number of benzene rings is 4. The first-order valence-electron chi connectivity index (χ1n) is 12.5. The van der Waals surface area contributed by atoms with Crippen molar-refractivity contribution >= 4 is 5.78 Å². The summed E-state index contributed by atoms with van der Waals surface area (Å²) >= 11 is 0. The second-order valence-electron chi connectivity index (χ2n) is 9.26. The lowest BCUT2D eigenvalue weighted by Crippen LogP contribution is -2.49. The molecule has 1 saturated heterocycles. The molecule has 4 aromatic rings. The minimum atomic E-state index is -0.225. The van der Waals surface area contributed by atoms with Gasteiger partial charge in [-0.2, -0.15) is 0 Å². The predicted molar refractivity (Wildman–Crippen MR) is 142 cm³/mol. The van der Waals surface area contributed by atoms with Crippen molar-refractivity contribution < 1.29 is 4.79 Å². The molecule has 0 aromatic heterocycles. The van der Waals surface area contributed by atoms with Gasteiger partial charge in [-0.05, 0) is 22.3 Å². The lowest BCUT2D eigenvalue weighted by Gasteiger charge is -2.40. The Bertz CT molecular complexity index is 1110. The summed E-state index contributed by atoms with van der Waals surface area (Å²) in [6, 6.07) is 42.1. The maximum Gasteiger partial charge on any atom is 0.158 e. The highest BCUT2D eigenvalue weighted by molar-refractivity contribution is 5.90. The summed E-state index contributed by atoms with van der Waals surface area (Å²) in [4.78, 5) is 18.5. The van der Waals surface area contributed by atoms with E-state index in [2.05, 4.69) is 94.7 Å². The SMILES string of the molecule is O=C(CN1CCN(C(c2ccccc2)c2ccccc2)CC1)C(c1ccccc1)c1ccccc1. The van der Waals surface area contributed by atoms with Crippen molar-refractivity contribution in [2.24, 2.45) is 0 Å². The molecule has 0 unspecified atom stereocenters. The number of rotatable bonds is 8. The summed E-state index contributed by atoms with van der Waals surface area (Å²) in [6.45, 7) is 4.12. The van der Waals surface area contributed by atoms with Gasteiger partial charge in [0, 0.05) is 26.2 Å². The molecule has 1 heterocycles. The summed E-state index contributed by atoms with van der Waals surface area (Å²) in [5.74, 6) is 0.0373. The van der Waals surface area contributed by atoms with Crippen molar-refractivity contribution in [3.63, 3.8) is 0 Å². The number of hydrogen-bond acceptors (Lipinski definition) is 3. The fourth-order valence-electron chi connectivity index (χ4n) is 5.23. The fourth-order valence-corrected chi connectivity index (χ4v) is 5.23. The predicted octanol–water partition coefficient (Wildman–Crippen LogP) is 5.79. The highest BCUT2D eigenvalue weighted by atomic mass is 16.1. The summed E-state index contributed by atoms with van der Waals surface area (Å²) in [5, 5.41) is 0. The van der Waals surface area contributed by atoms with Crippen molar-refractivity contribution in [2.75, 3.05) is 32.7 Å². The molecule has 1 fully saturated rings. The molecular weight excluding hydrogens is 428 g/mol. The third-order valence-electron chi connectivity index (χ3n) is 6.97. The molecule has 35 heavy (non-hydrogen) atoms. The number of ketones is 1. The van der Waals surface area contributed by atoms with Crippen molar-refractivity contribution in [3.05, 3.63) is 144 Å². The lowest BCUT2D eigenvalue weighted by atomic mass is 9.87. The number of hydrogen-bond donors (Lipinski definition) is 0. The van der Waals surface area contributed by atoms with E-state index >= 15 is 0 Å². The first kappa shape index (κ1) is 23.2. The van der Waals surface area contributed by atoms with Gasteiger partial charge in [-0.15, -0.1) is 0 Å².